The average Bonchev–Trinajstić information content (AvgIpc) is 2.96. The molecule has 0 amide bonds. The highest BCUT2D eigenvalue weighted by Crippen LogP contribution is 2.38. The van der Waals surface area contributed by atoms with Crippen molar-refractivity contribution >= 4 is 21.6 Å². The number of hydrogen-bond acceptors (Lipinski definition) is 3. The van der Waals surface area contributed by atoms with Crippen LogP contribution in [0.3, 0.4) is 0 Å². The fourth-order valence-corrected chi connectivity index (χ4v) is 5.76. The Hall–Kier alpha value is -0.590. The summed E-state index contributed by atoms with van der Waals surface area (Å²) in [4.78, 5) is 0. The number of aromatic amines is 1. The Morgan fingerprint density at radius 3 is 2.85 bits per heavy atom. The molecule has 5 nitrogen and oxygen atoms in total. The van der Waals surface area contributed by atoms with Crippen LogP contribution in [0.5, 0.6) is 0 Å². The summed E-state index contributed by atoms with van der Waals surface area (Å²) in [5.74, 6) is 0.683. The predicted molar refractivity (Wildman–Crippen MR) is 77.0 cm³/mol. The summed E-state index contributed by atoms with van der Waals surface area (Å²) < 4.78 is 27.5. The van der Waals surface area contributed by atoms with Gasteiger partial charge >= 0.3 is 0 Å². The van der Waals surface area contributed by atoms with Gasteiger partial charge in [-0.15, -0.1) is 11.6 Å². The van der Waals surface area contributed by atoms with Gasteiger partial charge in [-0.25, -0.2) is 8.42 Å². The molecular formula is C13H20ClN3O2S. The fraction of sp³-hybridized carbons (Fsp3) is 0.769. The van der Waals surface area contributed by atoms with Gasteiger partial charge in [0.2, 0.25) is 0 Å². The number of nitrogens with one attached hydrogen (secondary N) is 1. The highest BCUT2D eigenvalue weighted by Gasteiger charge is 2.41. The van der Waals surface area contributed by atoms with E-state index in [1.807, 2.05) is 0 Å². The molecule has 1 aromatic rings. The lowest BCUT2D eigenvalue weighted by Crippen LogP contribution is -2.49. The van der Waals surface area contributed by atoms with Crippen molar-refractivity contribution in [3.05, 3.63) is 11.8 Å². The molecule has 1 saturated heterocycles. The molecule has 1 saturated carbocycles. The molecule has 2 unspecified atom stereocenters. The second-order valence-corrected chi connectivity index (χ2v) is 7.82. The van der Waals surface area contributed by atoms with Gasteiger partial charge in [-0.2, -0.15) is 9.40 Å². The Labute approximate surface area is 124 Å². The fourth-order valence-electron chi connectivity index (χ4n) is 3.61. The summed E-state index contributed by atoms with van der Waals surface area (Å²) in [5.41, 5.74) is 0.560. The molecule has 1 aliphatic heterocycles. The Bertz CT molecular complexity index is 570. The van der Waals surface area contributed by atoms with Crippen LogP contribution in [-0.4, -0.2) is 35.5 Å². The number of alkyl halides is 1. The molecule has 2 aliphatic rings. The molecule has 2 atom stereocenters. The number of piperidine rings is 1. The first-order valence-corrected chi connectivity index (χ1v) is 9.22. The van der Waals surface area contributed by atoms with Crippen LogP contribution in [0.25, 0.3) is 0 Å². The minimum Gasteiger partial charge on any atom is -0.266 e. The molecule has 0 aromatic carbocycles. The van der Waals surface area contributed by atoms with Crippen molar-refractivity contribution in [2.45, 2.75) is 55.5 Å². The largest absolute Gasteiger partial charge is 0.266 e. The van der Waals surface area contributed by atoms with Gasteiger partial charge in [-0.1, -0.05) is 12.8 Å². The van der Waals surface area contributed by atoms with Crippen LogP contribution in [0.4, 0.5) is 0 Å². The molecule has 0 radical (unpaired) electrons. The standard InChI is InChI=1S/C13H20ClN3O2S/c14-8-11-9-15-16-13(11)20(18,19)17-7-3-5-10-4-1-2-6-12(10)17/h9-10,12H,1-8H2,(H,15,16). The van der Waals surface area contributed by atoms with Gasteiger partial charge in [0.05, 0.1) is 12.1 Å². The number of H-pyrrole nitrogens is 1. The molecular weight excluding hydrogens is 298 g/mol. The maximum Gasteiger partial charge on any atom is 0.260 e. The maximum absolute atomic E-state index is 12.9. The van der Waals surface area contributed by atoms with E-state index in [1.165, 1.54) is 12.6 Å². The number of nitrogens with zero attached hydrogens (tertiary/aromatic N) is 2. The molecule has 3 rings (SSSR count). The van der Waals surface area contributed by atoms with Gasteiger partial charge in [-0.3, -0.25) is 5.10 Å². The Balaban J connectivity index is 1.93. The van der Waals surface area contributed by atoms with Crippen LogP contribution in [-0.2, 0) is 15.9 Å². The van der Waals surface area contributed by atoms with Crippen LogP contribution in [0.2, 0.25) is 0 Å². The molecule has 2 heterocycles. The first-order valence-electron chi connectivity index (χ1n) is 7.24. The lowest BCUT2D eigenvalue weighted by atomic mass is 9.79. The van der Waals surface area contributed by atoms with Crippen LogP contribution in [0.1, 0.15) is 44.1 Å². The SMILES string of the molecule is O=S(=O)(c1[nH]ncc1CCl)N1CCCC2CCCCC21. The molecule has 0 bridgehead atoms. The number of hydrogen-bond donors (Lipinski definition) is 1. The van der Waals surface area contributed by atoms with E-state index in [-0.39, 0.29) is 16.9 Å². The van der Waals surface area contributed by atoms with Crippen molar-refractivity contribution in [1.82, 2.24) is 14.5 Å². The van der Waals surface area contributed by atoms with Gasteiger partial charge in [0, 0.05) is 18.2 Å². The zero-order valence-electron chi connectivity index (χ0n) is 11.4. The van der Waals surface area contributed by atoms with E-state index in [2.05, 4.69) is 10.2 Å². The molecule has 20 heavy (non-hydrogen) atoms. The molecule has 7 heteroatoms. The molecule has 1 aromatic heterocycles. The van der Waals surface area contributed by atoms with Crippen molar-refractivity contribution < 1.29 is 8.42 Å². The second-order valence-electron chi connectivity index (χ2n) is 5.73. The minimum atomic E-state index is -3.50. The van der Waals surface area contributed by atoms with Gasteiger partial charge in [-0.05, 0) is 31.6 Å². The highest BCUT2D eigenvalue weighted by molar-refractivity contribution is 7.89. The van der Waals surface area contributed by atoms with Crippen molar-refractivity contribution in [3.8, 4) is 0 Å². The lowest BCUT2D eigenvalue weighted by molar-refractivity contribution is 0.129. The van der Waals surface area contributed by atoms with E-state index < -0.39 is 10.0 Å². The van der Waals surface area contributed by atoms with Crippen molar-refractivity contribution in [3.63, 3.8) is 0 Å². The summed E-state index contributed by atoms with van der Waals surface area (Å²) in [7, 11) is -3.50. The minimum absolute atomic E-state index is 0.160. The van der Waals surface area contributed by atoms with E-state index in [4.69, 9.17) is 11.6 Å². The number of sulfonamides is 1. The number of rotatable bonds is 3. The maximum atomic E-state index is 12.9. The van der Waals surface area contributed by atoms with Gasteiger partial charge in [0.25, 0.3) is 10.0 Å². The summed E-state index contributed by atoms with van der Waals surface area (Å²) in [6, 6.07) is 0.161. The first kappa shape index (κ1) is 14.4. The van der Waals surface area contributed by atoms with E-state index >= 15 is 0 Å². The van der Waals surface area contributed by atoms with E-state index in [0.29, 0.717) is 18.0 Å². The smallest absolute Gasteiger partial charge is 0.260 e. The van der Waals surface area contributed by atoms with E-state index in [0.717, 1.165) is 32.1 Å². The monoisotopic (exact) mass is 317 g/mol. The van der Waals surface area contributed by atoms with Crippen molar-refractivity contribution in [1.29, 1.82) is 0 Å². The third-order valence-electron chi connectivity index (χ3n) is 4.58. The van der Waals surface area contributed by atoms with Crippen LogP contribution < -0.4 is 0 Å². The lowest BCUT2D eigenvalue weighted by Gasteiger charge is -2.42. The molecule has 1 N–H and O–H groups in total. The van der Waals surface area contributed by atoms with Gasteiger partial charge in [0.15, 0.2) is 5.03 Å². The third kappa shape index (κ3) is 2.38. The zero-order chi connectivity index (χ0) is 14.2. The van der Waals surface area contributed by atoms with E-state index in [1.54, 1.807) is 4.31 Å². The van der Waals surface area contributed by atoms with Crippen LogP contribution in [0, 0.1) is 5.92 Å². The van der Waals surface area contributed by atoms with Crippen molar-refractivity contribution in [2.75, 3.05) is 6.54 Å². The quantitative estimate of drug-likeness (QED) is 0.871. The highest BCUT2D eigenvalue weighted by atomic mass is 35.5. The van der Waals surface area contributed by atoms with Crippen molar-refractivity contribution in [2.24, 2.45) is 5.92 Å². The Morgan fingerprint density at radius 1 is 1.30 bits per heavy atom. The molecule has 1 aliphatic carbocycles. The van der Waals surface area contributed by atoms with Crippen LogP contribution >= 0.6 is 11.6 Å². The zero-order valence-corrected chi connectivity index (χ0v) is 13.0. The Morgan fingerprint density at radius 2 is 2.05 bits per heavy atom. The molecule has 112 valence electrons. The topological polar surface area (TPSA) is 66.1 Å². The van der Waals surface area contributed by atoms with Crippen LogP contribution in [0.15, 0.2) is 11.2 Å². The number of aromatic nitrogens is 2. The second kappa shape index (κ2) is 5.66. The van der Waals surface area contributed by atoms with Gasteiger partial charge < -0.3 is 0 Å². The number of halogens is 1. The normalized spacial score (nSPS) is 28.2. The first-order chi connectivity index (χ1) is 9.64. The molecule has 0 spiro atoms. The summed E-state index contributed by atoms with van der Waals surface area (Å²) >= 11 is 5.81. The van der Waals surface area contributed by atoms with Gasteiger partial charge in [0.1, 0.15) is 0 Å². The summed E-state index contributed by atoms with van der Waals surface area (Å²) in [6.07, 6.45) is 8.09. The summed E-state index contributed by atoms with van der Waals surface area (Å²) in [6.45, 7) is 0.615. The number of fused-ring (bicyclic) bond motifs is 1. The average molecular weight is 318 g/mol. The predicted octanol–water partition coefficient (Wildman–Crippen LogP) is 2.49. The Kier molecular flexibility index (Phi) is 4.06. The summed E-state index contributed by atoms with van der Waals surface area (Å²) in [5, 5.41) is 6.65. The van der Waals surface area contributed by atoms with E-state index in [9.17, 15) is 8.42 Å². The third-order valence-corrected chi connectivity index (χ3v) is 6.81. The molecule has 2 fully saturated rings.